The number of halogens is 3. The summed E-state index contributed by atoms with van der Waals surface area (Å²) >= 11 is 5.04. The fraction of sp³-hybridized carbons (Fsp3) is 0.286. The lowest BCUT2D eigenvalue weighted by Crippen LogP contribution is -2.06. The second-order valence-corrected chi connectivity index (χ2v) is 4.84. The molecule has 1 aromatic carbocycles. The van der Waals surface area contributed by atoms with Gasteiger partial charge in [0.05, 0.1) is 5.56 Å². The van der Waals surface area contributed by atoms with E-state index in [1.807, 2.05) is 6.92 Å². The zero-order chi connectivity index (χ0) is 14.8. The van der Waals surface area contributed by atoms with Crippen LogP contribution in [-0.4, -0.2) is 9.97 Å². The van der Waals surface area contributed by atoms with Crippen molar-refractivity contribution in [2.75, 3.05) is 0 Å². The fourth-order valence-electron chi connectivity index (χ4n) is 1.89. The van der Waals surface area contributed by atoms with Gasteiger partial charge in [-0.05, 0) is 24.1 Å². The standard InChI is InChI=1S/C14H13F3N2S/c1-2-11-8-13(20)19-12(18-11)7-9-4-3-5-10(6-9)14(15,16)17/h3-6,8H,2,7H2,1H3,(H,18,19,20). The molecule has 0 spiro atoms. The molecule has 0 aliphatic rings. The number of hydrogen-bond acceptors (Lipinski definition) is 2. The molecule has 106 valence electrons. The summed E-state index contributed by atoms with van der Waals surface area (Å²) in [5, 5.41) is 0. The normalized spacial score (nSPS) is 11.6. The van der Waals surface area contributed by atoms with Crippen molar-refractivity contribution in [3.8, 4) is 0 Å². The van der Waals surface area contributed by atoms with Crippen molar-refractivity contribution in [3.63, 3.8) is 0 Å². The number of nitrogens with zero attached hydrogens (tertiary/aromatic N) is 1. The molecule has 0 aliphatic carbocycles. The summed E-state index contributed by atoms with van der Waals surface area (Å²) in [6, 6.07) is 6.99. The zero-order valence-corrected chi connectivity index (χ0v) is 11.6. The smallest absolute Gasteiger partial charge is 0.347 e. The number of rotatable bonds is 3. The molecule has 2 aromatic rings. The monoisotopic (exact) mass is 298 g/mol. The minimum absolute atomic E-state index is 0.293. The summed E-state index contributed by atoms with van der Waals surface area (Å²) in [4.78, 5) is 7.23. The first-order valence-corrected chi connectivity index (χ1v) is 6.54. The van der Waals surface area contributed by atoms with Crippen molar-refractivity contribution in [2.24, 2.45) is 0 Å². The van der Waals surface area contributed by atoms with Crippen LogP contribution >= 0.6 is 12.2 Å². The summed E-state index contributed by atoms with van der Waals surface area (Å²) in [5.41, 5.74) is 0.818. The largest absolute Gasteiger partial charge is 0.416 e. The molecule has 0 radical (unpaired) electrons. The van der Waals surface area contributed by atoms with Crippen LogP contribution in [0, 0.1) is 4.64 Å². The van der Waals surface area contributed by atoms with Crippen LogP contribution in [0.5, 0.6) is 0 Å². The Morgan fingerprint density at radius 1 is 1.25 bits per heavy atom. The van der Waals surface area contributed by atoms with Gasteiger partial charge in [0.25, 0.3) is 0 Å². The van der Waals surface area contributed by atoms with Gasteiger partial charge in [-0.3, -0.25) is 0 Å². The number of nitrogens with one attached hydrogen (secondary N) is 1. The second-order valence-electron chi connectivity index (χ2n) is 4.42. The zero-order valence-electron chi connectivity index (χ0n) is 10.8. The Hall–Kier alpha value is -1.69. The molecule has 2 nitrogen and oxygen atoms in total. The first kappa shape index (κ1) is 14.7. The highest BCUT2D eigenvalue weighted by atomic mass is 32.1. The van der Waals surface area contributed by atoms with E-state index in [0.29, 0.717) is 22.4 Å². The van der Waals surface area contributed by atoms with Gasteiger partial charge < -0.3 is 4.98 Å². The Bertz CT molecular complexity index is 662. The van der Waals surface area contributed by atoms with Crippen LogP contribution in [0.2, 0.25) is 0 Å². The van der Waals surface area contributed by atoms with Crippen LogP contribution in [0.3, 0.4) is 0 Å². The highest BCUT2D eigenvalue weighted by molar-refractivity contribution is 7.71. The Labute approximate surface area is 119 Å². The lowest BCUT2D eigenvalue weighted by Gasteiger charge is -2.09. The van der Waals surface area contributed by atoms with Crippen molar-refractivity contribution < 1.29 is 13.2 Å². The van der Waals surface area contributed by atoms with E-state index in [9.17, 15) is 13.2 Å². The molecule has 1 heterocycles. The lowest BCUT2D eigenvalue weighted by atomic mass is 10.1. The van der Waals surface area contributed by atoms with E-state index in [1.165, 1.54) is 6.07 Å². The molecule has 6 heteroatoms. The van der Waals surface area contributed by atoms with Crippen LogP contribution in [0.25, 0.3) is 0 Å². The number of H-pyrrole nitrogens is 1. The molecule has 0 saturated heterocycles. The molecule has 1 aromatic heterocycles. The van der Waals surface area contributed by atoms with E-state index in [-0.39, 0.29) is 0 Å². The molecule has 2 rings (SSSR count). The maximum Gasteiger partial charge on any atom is 0.416 e. The molecule has 20 heavy (non-hydrogen) atoms. The summed E-state index contributed by atoms with van der Waals surface area (Å²) in [6.07, 6.45) is -3.27. The molecule has 0 amide bonds. The van der Waals surface area contributed by atoms with Gasteiger partial charge in [-0.15, -0.1) is 0 Å². The quantitative estimate of drug-likeness (QED) is 0.855. The van der Waals surface area contributed by atoms with Gasteiger partial charge in [0, 0.05) is 12.1 Å². The summed E-state index contributed by atoms with van der Waals surface area (Å²) in [6.45, 7) is 1.97. The number of aryl methyl sites for hydroxylation is 1. The predicted molar refractivity (Wildman–Crippen MR) is 73.0 cm³/mol. The SMILES string of the molecule is CCc1cc(=S)nc(Cc2cccc(C(F)(F)F)c2)[nH]1. The highest BCUT2D eigenvalue weighted by Crippen LogP contribution is 2.29. The van der Waals surface area contributed by atoms with Crippen molar-refractivity contribution >= 4 is 12.2 Å². The number of aromatic amines is 1. The minimum atomic E-state index is -4.33. The minimum Gasteiger partial charge on any atom is -0.347 e. The maximum atomic E-state index is 12.6. The third-order valence-electron chi connectivity index (χ3n) is 2.85. The fourth-order valence-corrected chi connectivity index (χ4v) is 2.14. The van der Waals surface area contributed by atoms with Crippen molar-refractivity contribution in [2.45, 2.75) is 25.9 Å². The average Bonchev–Trinajstić information content (AvgIpc) is 2.37. The van der Waals surface area contributed by atoms with Crippen LogP contribution in [0.4, 0.5) is 13.2 Å². The Morgan fingerprint density at radius 3 is 2.65 bits per heavy atom. The van der Waals surface area contributed by atoms with E-state index in [4.69, 9.17) is 12.2 Å². The van der Waals surface area contributed by atoms with Crippen LogP contribution in [-0.2, 0) is 19.0 Å². The van der Waals surface area contributed by atoms with E-state index < -0.39 is 11.7 Å². The molecular formula is C14H13F3N2S. The topological polar surface area (TPSA) is 28.7 Å². The van der Waals surface area contributed by atoms with Crippen LogP contribution < -0.4 is 0 Å². The van der Waals surface area contributed by atoms with Gasteiger partial charge >= 0.3 is 6.18 Å². The van der Waals surface area contributed by atoms with Gasteiger partial charge in [-0.25, -0.2) is 4.98 Å². The number of hydrogen-bond donors (Lipinski definition) is 1. The number of alkyl halides is 3. The number of benzene rings is 1. The average molecular weight is 298 g/mol. The third kappa shape index (κ3) is 3.66. The molecule has 0 aliphatic heterocycles. The van der Waals surface area contributed by atoms with Gasteiger partial charge in [0.1, 0.15) is 10.5 Å². The first-order valence-electron chi connectivity index (χ1n) is 6.13. The van der Waals surface area contributed by atoms with E-state index in [0.717, 1.165) is 24.2 Å². The molecular weight excluding hydrogens is 285 g/mol. The van der Waals surface area contributed by atoms with Gasteiger partial charge in [0.15, 0.2) is 0 Å². The van der Waals surface area contributed by atoms with Crippen molar-refractivity contribution in [3.05, 3.63) is 57.6 Å². The summed E-state index contributed by atoms with van der Waals surface area (Å²) in [5.74, 6) is 0.577. The van der Waals surface area contributed by atoms with E-state index in [2.05, 4.69) is 9.97 Å². The van der Waals surface area contributed by atoms with Gasteiger partial charge in [0.2, 0.25) is 0 Å². The molecule has 0 bridgehead atoms. The molecule has 1 N–H and O–H groups in total. The summed E-state index contributed by atoms with van der Waals surface area (Å²) < 4.78 is 38.4. The molecule has 0 atom stereocenters. The molecule has 0 saturated carbocycles. The second kappa shape index (κ2) is 5.75. The first-order chi connectivity index (χ1) is 9.38. The predicted octanol–water partition coefficient (Wildman–Crippen LogP) is 4.31. The van der Waals surface area contributed by atoms with Gasteiger partial charge in [-0.1, -0.05) is 37.3 Å². The van der Waals surface area contributed by atoms with E-state index in [1.54, 1.807) is 12.1 Å². The van der Waals surface area contributed by atoms with Crippen molar-refractivity contribution in [1.82, 2.24) is 9.97 Å². The van der Waals surface area contributed by atoms with Crippen molar-refractivity contribution in [1.29, 1.82) is 0 Å². The Morgan fingerprint density at radius 2 is 2.00 bits per heavy atom. The lowest BCUT2D eigenvalue weighted by molar-refractivity contribution is -0.137. The highest BCUT2D eigenvalue weighted by Gasteiger charge is 2.30. The van der Waals surface area contributed by atoms with Crippen LogP contribution in [0.15, 0.2) is 30.3 Å². The molecule has 0 fully saturated rings. The third-order valence-corrected chi connectivity index (χ3v) is 3.06. The van der Waals surface area contributed by atoms with Gasteiger partial charge in [-0.2, -0.15) is 13.2 Å². The molecule has 0 unspecified atom stereocenters. The Kier molecular flexibility index (Phi) is 4.23. The summed E-state index contributed by atoms with van der Waals surface area (Å²) in [7, 11) is 0. The maximum absolute atomic E-state index is 12.6. The Balaban J connectivity index is 2.31. The number of aromatic nitrogens is 2. The van der Waals surface area contributed by atoms with Crippen LogP contribution in [0.1, 0.15) is 29.6 Å². The van der Waals surface area contributed by atoms with E-state index >= 15 is 0 Å².